The Bertz CT molecular complexity index is 1280. The first kappa shape index (κ1) is 23.3. The van der Waals surface area contributed by atoms with E-state index in [1.807, 2.05) is 56.3 Å². The van der Waals surface area contributed by atoms with Crippen molar-refractivity contribution in [2.24, 2.45) is 0 Å². The number of carbonyl (C=O) groups excluding carboxylic acids is 3. The molecule has 6 nitrogen and oxygen atoms in total. The molecule has 1 aliphatic rings. The number of anilines is 2. The normalized spacial score (nSPS) is 13.4. The van der Waals surface area contributed by atoms with E-state index in [0.29, 0.717) is 21.8 Å². The van der Waals surface area contributed by atoms with Crippen LogP contribution in [0.25, 0.3) is 0 Å². The van der Waals surface area contributed by atoms with E-state index in [9.17, 15) is 14.4 Å². The molecule has 0 aliphatic carbocycles. The Labute approximate surface area is 202 Å². The predicted octanol–water partition coefficient (Wildman–Crippen LogP) is 5.47. The molecule has 1 aliphatic heterocycles. The Morgan fingerprint density at radius 3 is 2.29 bits per heavy atom. The predicted molar refractivity (Wildman–Crippen MR) is 134 cm³/mol. The lowest BCUT2D eigenvalue weighted by Crippen LogP contribution is -2.33. The molecule has 0 radical (unpaired) electrons. The van der Waals surface area contributed by atoms with Crippen molar-refractivity contribution in [1.29, 1.82) is 0 Å². The number of hydrogen-bond acceptors (Lipinski definition) is 6. The maximum atomic E-state index is 13.5. The van der Waals surface area contributed by atoms with Crippen LogP contribution < -0.4 is 10.2 Å². The standard InChI is InChI=1S/C27H24N2O4S/c1-4-33-27(32)19-13-15-20(16-14-19)28-23-24(34-21-10-6-5-7-11-21)26(31)29(25(23)30)22-12-8-9-17(2)18(22)3/h5-16,28H,4H2,1-3H3. The highest BCUT2D eigenvalue weighted by Crippen LogP contribution is 2.39. The van der Waals surface area contributed by atoms with E-state index >= 15 is 0 Å². The number of aryl methyl sites for hydroxylation is 1. The van der Waals surface area contributed by atoms with Crippen LogP contribution >= 0.6 is 11.8 Å². The summed E-state index contributed by atoms with van der Waals surface area (Å²) in [5.74, 6) is -1.22. The van der Waals surface area contributed by atoms with Crippen molar-refractivity contribution in [2.75, 3.05) is 16.8 Å². The van der Waals surface area contributed by atoms with E-state index in [4.69, 9.17) is 4.74 Å². The fourth-order valence-corrected chi connectivity index (χ4v) is 4.51. The van der Waals surface area contributed by atoms with Gasteiger partial charge in [-0.1, -0.05) is 42.1 Å². The largest absolute Gasteiger partial charge is 0.462 e. The van der Waals surface area contributed by atoms with Crippen LogP contribution in [-0.2, 0) is 14.3 Å². The number of benzene rings is 3. The number of carbonyl (C=O) groups is 3. The van der Waals surface area contributed by atoms with Crippen molar-refractivity contribution in [1.82, 2.24) is 0 Å². The molecule has 34 heavy (non-hydrogen) atoms. The lowest BCUT2D eigenvalue weighted by molar-refractivity contribution is -0.120. The molecule has 172 valence electrons. The molecule has 3 aromatic rings. The van der Waals surface area contributed by atoms with Gasteiger partial charge in [0.1, 0.15) is 10.6 Å². The topological polar surface area (TPSA) is 75.7 Å². The summed E-state index contributed by atoms with van der Waals surface area (Å²) in [7, 11) is 0. The molecule has 0 saturated heterocycles. The number of nitrogens with zero attached hydrogens (tertiary/aromatic N) is 1. The van der Waals surface area contributed by atoms with Crippen LogP contribution in [0.5, 0.6) is 0 Å². The maximum Gasteiger partial charge on any atom is 0.338 e. The molecule has 0 saturated carbocycles. The number of esters is 1. The molecule has 1 heterocycles. The number of imide groups is 1. The molecule has 0 spiro atoms. The van der Waals surface area contributed by atoms with Crippen molar-refractivity contribution in [2.45, 2.75) is 25.7 Å². The second-order valence-electron chi connectivity index (χ2n) is 7.71. The van der Waals surface area contributed by atoms with Crippen LogP contribution in [-0.4, -0.2) is 24.4 Å². The summed E-state index contributed by atoms with van der Waals surface area (Å²) in [4.78, 5) is 41.4. The third kappa shape index (κ3) is 4.61. The van der Waals surface area contributed by atoms with Crippen LogP contribution in [0.4, 0.5) is 11.4 Å². The number of thioether (sulfide) groups is 1. The Kier molecular flexibility index (Phi) is 6.84. The van der Waals surface area contributed by atoms with Crippen LogP contribution in [0.1, 0.15) is 28.4 Å². The van der Waals surface area contributed by atoms with Gasteiger partial charge in [0, 0.05) is 10.6 Å². The first-order valence-corrected chi connectivity index (χ1v) is 11.7. The molecule has 3 aromatic carbocycles. The highest BCUT2D eigenvalue weighted by atomic mass is 32.2. The highest BCUT2D eigenvalue weighted by Gasteiger charge is 2.40. The first-order chi connectivity index (χ1) is 16.4. The lowest BCUT2D eigenvalue weighted by atomic mass is 10.1. The Morgan fingerprint density at radius 1 is 0.912 bits per heavy atom. The summed E-state index contributed by atoms with van der Waals surface area (Å²) in [5, 5.41) is 3.12. The second-order valence-corrected chi connectivity index (χ2v) is 8.79. The molecule has 7 heteroatoms. The van der Waals surface area contributed by atoms with Crippen LogP contribution in [0.15, 0.2) is 88.3 Å². The Morgan fingerprint density at radius 2 is 1.62 bits per heavy atom. The van der Waals surface area contributed by atoms with Crippen molar-refractivity contribution < 1.29 is 19.1 Å². The van der Waals surface area contributed by atoms with Gasteiger partial charge in [0.15, 0.2) is 0 Å². The minimum Gasteiger partial charge on any atom is -0.462 e. The molecule has 0 bridgehead atoms. The van der Waals surface area contributed by atoms with E-state index in [0.717, 1.165) is 16.0 Å². The fourth-order valence-electron chi connectivity index (χ4n) is 3.57. The summed E-state index contributed by atoms with van der Waals surface area (Å²) < 4.78 is 5.02. The second kappa shape index (κ2) is 9.97. The Hall–Kier alpha value is -3.84. The smallest absolute Gasteiger partial charge is 0.338 e. The van der Waals surface area contributed by atoms with Crippen molar-refractivity contribution in [3.63, 3.8) is 0 Å². The maximum absolute atomic E-state index is 13.5. The summed E-state index contributed by atoms with van der Waals surface area (Å²) in [6, 6.07) is 21.6. The van der Waals surface area contributed by atoms with Gasteiger partial charge in [0.05, 0.1) is 17.9 Å². The van der Waals surface area contributed by atoms with Crippen LogP contribution in [0.3, 0.4) is 0 Å². The number of hydrogen-bond donors (Lipinski definition) is 1. The molecular formula is C27H24N2O4S. The van der Waals surface area contributed by atoms with E-state index in [1.54, 1.807) is 37.3 Å². The molecule has 0 atom stereocenters. The van der Waals surface area contributed by atoms with Gasteiger partial charge in [-0.3, -0.25) is 9.59 Å². The van der Waals surface area contributed by atoms with E-state index in [1.165, 1.54) is 16.7 Å². The van der Waals surface area contributed by atoms with Gasteiger partial charge >= 0.3 is 5.97 Å². The van der Waals surface area contributed by atoms with Crippen molar-refractivity contribution >= 4 is 40.9 Å². The van der Waals surface area contributed by atoms with Gasteiger partial charge in [0.2, 0.25) is 0 Å². The Balaban J connectivity index is 1.71. The van der Waals surface area contributed by atoms with Gasteiger partial charge in [-0.2, -0.15) is 0 Å². The summed E-state index contributed by atoms with van der Waals surface area (Å²) in [6.45, 7) is 5.88. The molecule has 4 rings (SSSR count). The minimum absolute atomic E-state index is 0.198. The van der Waals surface area contributed by atoms with Crippen LogP contribution in [0, 0.1) is 13.8 Å². The zero-order chi connectivity index (χ0) is 24.2. The van der Waals surface area contributed by atoms with E-state index in [2.05, 4.69) is 5.32 Å². The molecule has 0 fully saturated rings. The van der Waals surface area contributed by atoms with Crippen molar-refractivity contribution in [3.8, 4) is 0 Å². The van der Waals surface area contributed by atoms with Crippen molar-refractivity contribution in [3.05, 3.63) is 100 Å². The quantitative estimate of drug-likeness (QED) is 0.363. The zero-order valence-corrected chi connectivity index (χ0v) is 19.9. The third-order valence-corrected chi connectivity index (χ3v) is 6.58. The highest BCUT2D eigenvalue weighted by molar-refractivity contribution is 8.04. The molecule has 2 amide bonds. The van der Waals surface area contributed by atoms with E-state index < -0.39 is 11.9 Å². The summed E-state index contributed by atoms with van der Waals surface area (Å²) in [5.41, 5.74) is 3.61. The average molecular weight is 473 g/mol. The number of nitrogens with one attached hydrogen (secondary N) is 1. The zero-order valence-electron chi connectivity index (χ0n) is 19.1. The first-order valence-electron chi connectivity index (χ1n) is 10.9. The van der Waals surface area contributed by atoms with Gasteiger partial charge in [0.25, 0.3) is 11.8 Å². The molecular weight excluding hydrogens is 448 g/mol. The molecule has 0 unspecified atom stereocenters. The lowest BCUT2D eigenvalue weighted by Gasteiger charge is -2.19. The SMILES string of the molecule is CCOC(=O)c1ccc(NC2=C(Sc3ccccc3)C(=O)N(c3cccc(C)c3C)C2=O)cc1. The number of rotatable bonds is 7. The van der Waals surface area contributed by atoms with E-state index in [-0.39, 0.29) is 18.2 Å². The summed E-state index contributed by atoms with van der Waals surface area (Å²) >= 11 is 1.24. The van der Waals surface area contributed by atoms with Gasteiger partial charge < -0.3 is 10.1 Å². The van der Waals surface area contributed by atoms with Gasteiger partial charge in [-0.05, 0) is 74.4 Å². The summed E-state index contributed by atoms with van der Waals surface area (Å²) in [6.07, 6.45) is 0. The number of ether oxygens (including phenoxy) is 1. The molecule has 0 aromatic heterocycles. The minimum atomic E-state index is -0.424. The van der Waals surface area contributed by atoms with Gasteiger partial charge in [-0.25, -0.2) is 9.69 Å². The molecule has 1 N–H and O–H groups in total. The van der Waals surface area contributed by atoms with Gasteiger partial charge in [-0.15, -0.1) is 0 Å². The monoisotopic (exact) mass is 472 g/mol. The average Bonchev–Trinajstić information content (AvgIpc) is 3.06. The third-order valence-electron chi connectivity index (χ3n) is 5.49. The number of amides is 2. The fraction of sp³-hybridized carbons (Fsp3) is 0.148. The van der Waals surface area contributed by atoms with Crippen LogP contribution in [0.2, 0.25) is 0 Å².